The van der Waals surface area contributed by atoms with Crippen LogP contribution in [-0.2, 0) is 16.1 Å². The molecule has 2 N–H and O–H groups in total. The summed E-state index contributed by atoms with van der Waals surface area (Å²) in [7, 11) is 1.57. The maximum atomic E-state index is 13.3. The first kappa shape index (κ1) is 24.9. The van der Waals surface area contributed by atoms with Crippen LogP contribution in [0.15, 0.2) is 117 Å². The Labute approximate surface area is 223 Å². The predicted octanol–water partition coefficient (Wildman–Crippen LogP) is 5.53. The van der Waals surface area contributed by atoms with Crippen LogP contribution in [0.4, 0.5) is 11.4 Å². The Balaban J connectivity index is 1.34. The third-order valence-electron chi connectivity index (χ3n) is 5.75. The van der Waals surface area contributed by atoms with Crippen molar-refractivity contribution in [2.24, 2.45) is 0 Å². The zero-order chi connectivity index (χ0) is 26.5. The van der Waals surface area contributed by atoms with Gasteiger partial charge in [0.2, 0.25) is 0 Å². The number of hydrogen-bond donors (Lipinski definition) is 2. The van der Waals surface area contributed by atoms with Crippen LogP contribution in [0.25, 0.3) is 0 Å². The molecule has 8 nitrogen and oxygen atoms in total. The Hall–Kier alpha value is -4.76. The van der Waals surface area contributed by atoms with Crippen molar-refractivity contribution in [3.63, 3.8) is 0 Å². The molecule has 0 bridgehead atoms. The second-order valence-electron chi connectivity index (χ2n) is 8.28. The highest BCUT2D eigenvalue weighted by Gasteiger charge is 2.39. The minimum atomic E-state index is -0.430. The summed E-state index contributed by atoms with van der Waals surface area (Å²) in [5.41, 5.74) is 1.99. The molecule has 0 aliphatic carbocycles. The molecule has 190 valence electrons. The molecule has 3 aromatic carbocycles. The van der Waals surface area contributed by atoms with Crippen LogP contribution in [0, 0.1) is 0 Å². The van der Waals surface area contributed by atoms with Gasteiger partial charge in [0.25, 0.3) is 17.7 Å². The number of para-hydroxylation sites is 1. The molecule has 38 heavy (non-hydrogen) atoms. The average molecular weight is 526 g/mol. The van der Waals surface area contributed by atoms with Crippen LogP contribution >= 0.6 is 11.8 Å². The molecule has 0 saturated heterocycles. The number of rotatable bonds is 9. The van der Waals surface area contributed by atoms with Gasteiger partial charge in [-0.3, -0.25) is 19.3 Å². The second-order valence-corrected chi connectivity index (χ2v) is 9.36. The molecule has 0 saturated carbocycles. The van der Waals surface area contributed by atoms with E-state index in [9.17, 15) is 14.4 Å². The van der Waals surface area contributed by atoms with Gasteiger partial charge >= 0.3 is 0 Å². The number of carbonyl (C=O) groups excluding carboxylic acids is 3. The molecule has 0 spiro atoms. The van der Waals surface area contributed by atoms with Crippen molar-refractivity contribution in [3.8, 4) is 5.75 Å². The molecule has 3 amide bonds. The van der Waals surface area contributed by atoms with Gasteiger partial charge in [0.1, 0.15) is 22.1 Å². The van der Waals surface area contributed by atoms with Crippen molar-refractivity contribution >= 4 is 40.9 Å². The molecular weight excluding hydrogens is 502 g/mol. The zero-order valence-corrected chi connectivity index (χ0v) is 21.2. The topological polar surface area (TPSA) is 101 Å². The van der Waals surface area contributed by atoms with Crippen LogP contribution in [0.5, 0.6) is 5.75 Å². The van der Waals surface area contributed by atoms with Gasteiger partial charge in [0, 0.05) is 21.8 Å². The van der Waals surface area contributed by atoms with Crippen LogP contribution in [0.2, 0.25) is 0 Å². The maximum Gasteiger partial charge on any atom is 0.278 e. The van der Waals surface area contributed by atoms with Gasteiger partial charge in [0.05, 0.1) is 19.9 Å². The summed E-state index contributed by atoms with van der Waals surface area (Å²) in [6.07, 6.45) is 1.50. The highest BCUT2D eigenvalue weighted by Crippen LogP contribution is 2.37. The fourth-order valence-electron chi connectivity index (χ4n) is 3.80. The van der Waals surface area contributed by atoms with E-state index in [1.54, 1.807) is 67.8 Å². The third-order valence-corrected chi connectivity index (χ3v) is 6.84. The molecule has 4 aromatic rings. The number of benzene rings is 3. The van der Waals surface area contributed by atoms with E-state index in [1.807, 2.05) is 30.3 Å². The average Bonchev–Trinajstić information content (AvgIpc) is 3.54. The summed E-state index contributed by atoms with van der Waals surface area (Å²) in [4.78, 5) is 41.4. The van der Waals surface area contributed by atoms with Gasteiger partial charge in [0.15, 0.2) is 0 Å². The molecule has 5 rings (SSSR count). The number of anilines is 2. The lowest BCUT2D eigenvalue weighted by Gasteiger charge is -2.13. The zero-order valence-electron chi connectivity index (χ0n) is 20.3. The predicted molar refractivity (Wildman–Crippen MR) is 145 cm³/mol. The third kappa shape index (κ3) is 5.47. The first-order chi connectivity index (χ1) is 18.5. The van der Waals surface area contributed by atoms with E-state index in [0.29, 0.717) is 28.4 Å². The van der Waals surface area contributed by atoms with Gasteiger partial charge in [-0.25, -0.2) is 0 Å². The molecule has 1 aliphatic heterocycles. The van der Waals surface area contributed by atoms with E-state index in [-0.39, 0.29) is 23.1 Å². The Morgan fingerprint density at radius 1 is 0.868 bits per heavy atom. The maximum absolute atomic E-state index is 13.3. The lowest BCUT2D eigenvalue weighted by molar-refractivity contribution is -0.138. The second kappa shape index (κ2) is 11.1. The fourth-order valence-corrected chi connectivity index (χ4v) is 4.74. The Morgan fingerprint density at radius 3 is 2.26 bits per heavy atom. The minimum Gasteiger partial charge on any atom is -0.497 e. The van der Waals surface area contributed by atoms with Crippen molar-refractivity contribution in [2.45, 2.75) is 11.4 Å². The Kier molecular flexibility index (Phi) is 7.28. The number of carbonyl (C=O) groups is 3. The van der Waals surface area contributed by atoms with Crippen LogP contribution in [0.3, 0.4) is 0 Å². The van der Waals surface area contributed by atoms with Gasteiger partial charge in [-0.05, 0) is 72.8 Å². The SMILES string of the molecule is COc1ccc(C(=O)Nc2ccc(SC3=C(Nc4ccccc4)C(=O)N(Cc4ccco4)C3=O)cc2)cc1. The molecular formula is C29H23N3O5S. The van der Waals surface area contributed by atoms with E-state index in [0.717, 1.165) is 9.80 Å². The molecule has 0 radical (unpaired) electrons. The van der Waals surface area contributed by atoms with Crippen molar-refractivity contribution in [1.29, 1.82) is 0 Å². The number of thioether (sulfide) groups is 1. The van der Waals surface area contributed by atoms with Gasteiger partial charge in [-0.2, -0.15) is 0 Å². The molecule has 9 heteroatoms. The van der Waals surface area contributed by atoms with E-state index < -0.39 is 11.8 Å². The van der Waals surface area contributed by atoms with E-state index in [2.05, 4.69) is 10.6 Å². The standard InChI is InChI=1S/C29H23N3O5S/c1-36-22-13-9-19(10-14-22)27(33)31-21-11-15-24(16-12-21)38-26-25(30-20-6-3-2-4-7-20)28(34)32(29(26)35)18-23-8-5-17-37-23/h2-17,30H,18H2,1H3,(H,31,33). The first-order valence-corrected chi connectivity index (χ1v) is 12.5. The largest absolute Gasteiger partial charge is 0.497 e. The minimum absolute atomic E-state index is 0.0328. The van der Waals surface area contributed by atoms with Gasteiger partial charge in [-0.15, -0.1) is 0 Å². The van der Waals surface area contributed by atoms with E-state index in [4.69, 9.17) is 9.15 Å². The Morgan fingerprint density at radius 2 is 1.61 bits per heavy atom. The Bertz CT molecular complexity index is 1480. The van der Waals surface area contributed by atoms with Gasteiger partial charge in [-0.1, -0.05) is 30.0 Å². The van der Waals surface area contributed by atoms with Crippen LogP contribution < -0.4 is 15.4 Å². The van der Waals surface area contributed by atoms with E-state index >= 15 is 0 Å². The molecule has 2 heterocycles. The normalized spacial score (nSPS) is 13.1. The molecule has 1 aliphatic rings. The van der Waals surface area contributed by atoms with Gasteiger partial charge < -0.3 is 19.8 Å². The van der Waals surface area contributed by atoms with Crippen LogP contribution in [0.1, 0.15) is 16.1 Å². The molecule has 0 atom stereocenters. The summed E-state index contributed by atoms with van der Waals surface area (Å²) in [6.45, 7) is 0.0328. The lowest BCUT2D eigenvalue weighted by atomic mass is 10.2. The number of hydrogen-bond acceptors (Lipinski definition) is 7. The highest BCUT2D eigenvalue weighted by atomic mass is 32.2. The number of imide groups is 1. The fraction of sp³-hybridized carbons (Fsp3) is 0.0690. The number of amides is 3. The number of nitrogens with one attached hydrogen (secondary N) is 2. The first-order valence-electron chi connectivity index (χ1n) is 11.7. The van der Waals surface area contributed by atoms with Crippen molar-refractivity contribution in [2.75, 3.05) is 17.7 Å². The molecule has 0 fully saturated rings. The number of nitrogens with zero attached hydrogens (tertiary/aromatic N) is 1. The summed E-state index contributed by atoms with van der Waals surface area (Å²) < 4.78 is 10.5. The quantitative estimate of drug-likeness (QED) is 0.277. The van der Waals surface area contributed by atoms with Crippen molar-refractivity contribution < 1.29 is 23.5 Å². The summed E-state index contributed by atoms with van der Waals surface area (Å²) >= 11 is 1.18. The highest BCUT2D eigenvalue weighted by molar-refractivity contribution is 8.04. The molecule has 0 unspecified atom stereocenters. The number of ether oxygens (including phenoxy) is 1. The smallest absolute Gasteiger partial charge is 0.278 e. The summed E-state index contributed by atoms with van der Waals surface area (Å²) in [5.74, 6) is 0.0816. The summed E-state index contributed by atoms with van der Waals surface area (Å²) in [6, 6.07) is 26.5. The molecule has 1 aromatic heterocycles. The number of furan rings is 1. The number of methoxy groups -OCH3 is 1. The van der Waals surface area contributed by atoms with Crippen molar-refractivity contribution in [3.05, 3.63) is 119 Å². The van der Waals surface area contributed by atoms with E-state index in [1.165, 1.54) is 18.0 Å². The van der Waals surface area contributed by atoms with Crippen LogP contribution in [-0.4, -0.2) is 29.7 Å². The monoisotopic (exact) mass is 525 g/mol. The van der Waals surface area contributed by atoms with Crippen molar-refractivity contribution in [1.82, 2.24) is 4.90 Å². The summed E-state index contributed by atoms with van der Waals surface area (Å²) in [5, 5.41) is 5.97. The lowest BCUT2D eigenvalue weighted by Crippen LogP contribution is -2.31.